The number of carbonyl (C=O) groups is 2. The van der Waals surface area contributed by atoms with Gasteiger partial charge in [-0.2, -0.15) is 0 Å². The molecule has 2 amide bonds. The maximum absolute atomic E-state index is 12.8. The van der Waals surface area contributed by atoms with Crippen molar-refractivity contribution in [3.63, 3.8) is 0 Å². The van der Waals surface area contributed by atoms with Crippen LogP contribution in [0.1, 0.15) is 36.7 Å². The summed E-state index contributed by atoms with van der Waals surface area (Å²) in [4.78, 5) is 26.1. The van der Waals surface area contributed by atoms with Gasteiger partial charge in [0.05, 0.1) is 31.6 Å². The number of methoxy groups -OCH3 is 1. The van der Waals surface area contributed by atoms with Gasteiger partial charge in [-0.3, -0.25) is 15.0 Å². The van der Waals surface area contributed by atoms with E-state index in [1.54, 1.807) is 12.1 Å². The highest BCUT2D eigenvalue weighted by Crippen LogP contribution is 2.35. The molecule has 8 heteroatoms. The van der Waals surface area contributed by atoms with E-state index in [0.29, 0.717) is 25.3 Å². The second kappa shape index (κ2) is 9.05. The number of morpholine rings is 1. The maximum atomic E-state index is 12.8. The second-order valence-corrected chi connectivity index (χ2v) is 7.49. The highest BCUT2D eigenvalue weighted by atomic mass is 16.5. The molecule has 1 aromatic carbocycles. The van der Waals surface area contributed by atoms with E-state index in [9.17, 15) is 9.59 Å². The number of hydrogen-bond donors (Lipinski definition) is 3. The Labute approximate surface area is 159 Å². The molecule has 0 spiro atoms. The molecule has 0 aliphatic carbocycles. The van der Waals surface area contributed by atoms with Crippen molar-refractivity contribution in [2.45, 2.75) is 26.2 Å². The van der Waals surface area contributed by atoms with Gasteiger partial charge < -0.3 is 19.9 Å². The molecule has 1 aromatic rings. The summed E-state index contributed by atoms with van der Waals surface area (Å²) in [6.45, 7) is 10.3. The van der Waals surface area contributed by atoms with E-state index in [4.69, 9.17) is 14.6 Å². The van der Waals surface area contributed by atoms with Crippen molar-refractivity contribution in [2.75, 3.05) is 51.8 Å². The monoisotopic (exact) mass is 379 g/mol. The summed E-state index contributed by atoms with van der Waals surface area (Å²) in [5.41, 5.74) is 1.15. The molecule has 0 atom stereocenters. The van der Waals surface area contributed by atoms with Crippen molar-refractivity contribution in [3.8, 4) is 5.75 Å². The molecule has 0 saturated carbocycles. The molecule has 1 heterocycles. The fourth-order valence-corrected chi connectivity index (χ4v) is 2.91. The molecule has 3 N–H and O–H groups in total. The van der Waals surface area contributed by atoms with Gasteiger partial charge in [0.25, 0.3) is 5.91 Å². The highest BCUT2D eigenvalue weighted by molar-refractivity contribution is 6.00. The third kappa shape index (κ3) is 5.83. The maximum Gasteiger partial charge on any atom is 0.409 e. The standard InChI is InChI=1S/C19H29N3O5/c1-19(2,3)13-11-14(16(26-4)15(12-13)21-18(24)25)17(23)20-5-6-22-7-9-27-10-8-22/h11-12,21H,5-10H2,1-4H3,(H,20,23)(H,24,25). The summed E-state index contributed by atoms with van der Waals surface area (Å²) in [6, 6.07) is 3.47. The molecule has 1 fully saturated rings. The number of ether oxygens (including phenoxy) is 2. The molecule has 0 radical (unpaired) electrons. The van der Waals surface area contributed by atoms with Crippen LogP contribution < -0.4 is 15.4 Å². The SMILES string of the molecule is COc1c(NC(=O)O)cc(C(C)(C)C)cc1C(=O)NCCN1CCOCC1. The lowest BCUT2D eigenvalue weighted by Gasteiger charge is -2.26. The van der Waals surface area contributed by atoms with Crippen molar-refractivity contribution < 1.29 is 24.2 Å². The molecule has 150 valence electrons. The Morgan fingerprint density at radius 3 is 2.48 bits per heavy atom. The van der Waals surface area contributed by atoms with Crippen LogP contribution >= 0.6 is 0 Å². The van der Waals surface area contributed by atoms with Crippen LogP contribution in [0.3, 0.4) is 0 Å². The fraction of sp³-hybridized carbons (Fsp3) is 0.579. The molecule has 1 saturated heterocycles. The van der Waals surface area contributed by atoms with Gasteiger partial charge in [-0.05, 0) is 23.1 Å². The minimum Gasteiger partial charge on any atom is -0.494 e. The molecule has 0 aromatic heterocycles. The number of rotatable bonds is 6. The number of carboxylic acid groups (broad SMARTS) is 1. The Hall–Kier alpha value is -2.32. The first-order chi connectivity index (χ1) is 12.7. The Balaban J connectivity index is 2.21. The van der Waals surface area contributed by atoms with Crippen LogP contribution in [-0.4, -0.2) is 68.5 Å². The van der Waals surface area contributed by atoms with Crippen molar-refractivity contribution in [1.82, 2.24) is 10.2 Å². The predicted octanol–water partition coefficient (Wildman–Crippen LogP) is 2.14. The van der Waals surface area contributed by atoms with E-state index in [0.717, 1.165) is 25.2 Å². The average molecular weight is 379 g/mol. The van der Waals surface area contributed by atoms with Gasteiger partial charge in [0.15, 0.2) is 5.75 Å². The first kappa shape index (κ1) is 21.0. The van der Waals surface area contributed by atoms with Crippen LogP contribution in [0.2, 0.25) is 0 Å². The summed E-state index contributed by atoms with van der Waals surface area (Å²) in [5.74, 6) is -0.0751. The van der Waals surface area contributed by atoms with Gasteiger partial charge in [0, 0.05) is 26.2 Å². The molecular formula is C19H29N3O5. The van der Waals surface area contributed by atoms with Crippen molar-refractivity contribution in [2.24, 2.45) is 0 Å². The number of amides is 2. The van der Waals surface area contributed by atoms with Crippen LogP contribution in [0.5, 0.6) is 5.75 Å². The average Bonchev–Trinajstić information content (AvgIpc) is 2.60. The molecule has 1 aliphatic heterocycles. The number of hydrogen-bond acceptors (Lipinski definition) is 5. The number of nitrogens with zero attached hydrogens (tertiary/aromatic N) is 1. The first-order valence-electron chi connectivity index (χ1n) is 9.03. The van der Waals surface area contributed by atoms with Gasteiger partial charge in [0.1, 0.15) is 0 Å². The van der Waals surface area contributed by atoms with E-state index < -0.39 is 6.09 Å². The zero-order valence-corrected chi connectivity index (χ0v) is 16.4. The van der Waals surface area contributed by atoms with Crippen LogP contribution in [0.25, 0.3) is 0 Å². The third-order valence-corrected chi connectivity index (χ3v) is 4.46. The molecule has 27 heavy (non-hydrogen) atoms. The smallest absolute Gasteiger partial charge is 0.409 e. The first-order valence-corrected chi connectivity index (χ1v) is 9.03. The lowest BCUT2D eigenvalue weighted by Crippen LogP contribution is -2.41. The summed E-state index contributed by atoms with van der Waals surface area (Å²) in [6.07, 6.45) is -1.21. The van der Waals surface area contributed by atoms with Gasteiger partial charge >= 0.3 is 6.09 Å². The molecule has 0 bridgehead atoms. The molecule has 1 aliphatic rings. The predicted molar refractivity (Wildman–Crippen MR) is 103 cm³/mol. The highest BCUT2D eigenvalue weighted by Gasteiger charge is 2.23. The minimum atomic E-state index is -1.21. The van der Waals surface area contributed by atoms with E-state index in [1.165, 1.54) is 7.11 Å². The topological polar surface area (TPSA) is 100 Å². The van der Waals surface area contributed by atoms with Crippen molar-refractivity contribution in [3.05, 3.63) is 23.3 Å². The van der Waals surface area contributed by atoms with Crippen LogP contribution in [0, 0.1) is 0 Å². The van der Waals surface area contributed by atoms with Crippen LogP contribution in [0.4, 0.5) is 10.5 Å². The quantitative estimate of drug-likeness (QED) is 0.700. The summed E-state index contributed by atoms with van der Waals surface area (Å²) < 4.78 is 10.7. The minimum absolute atomic E-state index is 0.217. The number of nitrogens with one attached hydrogen (secondary N) is 2. The van der Waals surface area contributed by atoms with Crippen molar-refractivity contribution in [1.29, 1.82) is 0 Å². The second-order valence-electron chi connectivity index (χ2n) is 7.49. The third-order valence-electron chi connectivity index (χ3n) is 4.46. The van der Waals surface area contributed by atoms with E-state index in [-0.39, 0.29) is 22.8 Å². The number of anilines is 1. The normalized spacial score (nSPS) is 15.3. The van der Waals surface area contributed by atoms with Gasteiger partial charge in [-0.15, -0.1) is 0 Å². The van der Waals surface area contributed by atoms with Gasteiger partial charge in [-0.1, -0.05) is 20.8 Å². The van der Waals surface area contributed by atoms with Crippen molar-refractivity contribution >= 4 is 17.7 Å². The molecule has 2 rings (SSSR count). The summed E-state index contributed by atoms with van der Waals surface area (Å²) >= 11 is 0. The molecular weight excluding hydrogens is 350 g/mol. The zero-order valence-electron chi connectivity index (χ0n) is 16.4. The Bertz CT molecular complexity index is 679. The molecule has 8 nitrogen and oxygen atoms in total. The van der Waals surface area contributed by atoms with Gasteiger partial charge in [0.2, 0.25) is 0 Å². The largest absolute Gasteiger partial charge is 0.494 e. The zero-order chi connectivity index (χ0) is 20.0. The Morgan fingerprint density at radius 1 is 1.26 bits per heavy atom. The van der Waals surface area contributed by atoms with E-state index >= 15 is 0 Å². The Kier molecular flexibility index (Phi) is 7.04. The summed E-state index contributed by atoms with van der Waals surface area (Å²) in [7, 11) is 1.42. The van der Waals surface area contributed by atoms with Crippen LogP contribution in [0.15, 0.2) is 12.1 Å². The fourth-order valence-electron chi connectivity index (χ4n) is 2.91. The lowest BCUT2D eigenvalue weighted by molar-refractivity contribution is 0.0383. The lowest BCUT2D eigenvalue weighted by atomic mass is 9.85. The number of benzene rings is 1. The summed E-state index contributed by atoms with van der Waals surface area (Å²) in [5, 5.41) is 14.3. The van der Waals surface area contributed by atoms with Crippen LogP contribution in [-0.2, 0) is 10.2 Å². The molecule has 0 unspecified atom stereocenters. The Morgan fingerprint density at radius 2 is 1.93 bits per heavy atom. The number of carbonyl (C=O) groups excluding carboxylic acids is 1. The van der Waals surface area contributed by atoms with E-state index in [2.05, 4.69) is 15.5 Å². The van der Waals surface area contributed by atoms with E-state index in [1.807, 2.05) is 20.8 Å². The van der Waals surface area contributed by atoms with Gasteiger partial charge in [-0.25, -0.2) is 4.79 Å².